The lowest BCUT2D eigenvalue weighted by atomic mass is 9.90. The molecule has 72 valence electrons. The molecule has 0 saturated carbocycles. The van der Waals surface area contributed by atoms with E-state index in [4.69, 9.17) is 39.5 Å². The van der Waals surface area contributed by atoms with Crippen LogP contribution in [0.15, 0.2) is 12.2 Å². The van der Waals surface area contributed by atoms with Crippen molar-refractivity contribution in [3.63, 3.8) is 0 Å². The first-order valence-corrected chi connectivity index (χ1v) is 5.12. The first kappa shape index (κ1) is 9.63. The lowest BCUT2D eigenvalue weighted by Crippen LogP contribution is -2.38. The summed E-state index contributed by atoms with van der Waals surface area (Å²) in [6, 6.07) is 0. The molecule has 2 nitrogen and oxygen atoms in total. The highest BCUT2D eigenvalue weighted by molar-refractivity contribution is 6.58. The minimum absolute atomic E-state index is 0.239. The van der Waals surface area contributed by atoms with Gasteiger partial charge >= 0.3 is 5.97 Å². The van der Waals surface area contributed by atoms with Crippen molar-refractivity contribution < 1.29 is 9.53 Å². The van der Waals surface area contributed by atoms with Crippen LogP contribution in [-0.4, -0.2) is 21.8 Å². The van der Waals surface area contributed by atoms with Crippen molar-refractivity contribution >= 4 is 40.8 Å². The smallest absolute Gasteiger partial charge is 0.343 e. The van der Waals surface area contributed by atoms with Gasteiger partial charge in [-0.2, -0.15) is 0 Å². The van der Waals surface area contributed by atoms with E-state index >= 15 is 0 Å². The molecular formula is C8H7Cl3O2. The zero-order chi connectivity index (χ0) is 9.64. The standard InChI is InChI=1S/C8H7Cl3O2/c9-4-2-1-3-5-6(4)8(10,11)7(12)13-5/h1,3-6H,2H2/t4-,5-,6+/m0/s1. The average Bonchev–Trinajstić information content (AvgIpc) is 2.24. The van der Waals surface area contributed by atoms with Crippen molar-refractivity contribution in [3.8, 4) is 0 Å². The highest BCUT2D eigenvalue weighted by Gasteiger charge is 2.58. The van der Waals surface area contributed by atoms with Gasteiger partial charge < -0.3 is 4.74 Å². The first-order chi connectivity index (χ1) is 6.03. The molecule has 0 amide bonds. The molecule has 0 aromatic heterocycles. The molecule has 0 aromatic carbocycles. The van der Waals surface area contributed by atoms with E-state index in [1.807, 2.05) is 6.08 Å². The van der Waals surface area contributed by atoms with Gasteiger partial charge in [-0.25, -0.2) is 4.79 Å². The highest BCUT2D eigenvalue weighted by atomic mass is 35.5. The zero-order valence-corrected chi connectivity index (χ0v) is 8.81. The summed E-state index contributed by atoms with van der Waals surface area (Å²) < 4.78 is 3.49. The molecule has 5 heteroatoms. The fraction of sp³-hybridized carbons (Fsp3) is 0.625. The Bertz CT molecular complexity index is 275. The van der Waals surface area contributed by atoms with Crippen LogP contribution >= 0.6 is 34.8 Å². The van der Waals surface area contributed by atoms with Crippen LogP contribution < -0.4 is 0 Å². The summed E-state index contributed by atoms with van der Waals surface area (Å²) in [4.78, 5) is 11.2. The third-order valence-electron chi connectivity index (χ3n) is 2.36. The summed E-state index contributed by atoms with van der Waals surface area (Å²) in [6.07, 6.45) is 3.97. The number of fused-ring (bicyclic) bond motifs is 1. The lowest BCUT2D eigenvalue weighted by molar-refractivity contribution is -0.140. The number of halogens is 3. The monoisotopic (exact) mass is 240 g/mol. The molecule has 1 aliphatic carbocycles. The van der Waals surface area contributed by atoms with Crippen molar-refractivity contribution in [2.75, 3.05) is 0 Å². The van der Waals surface area contributed by atoms with Crippen LogP contribution in [0.2, 0.25) is 0 Å². The van der Waals surface area contributed by atoms with Gasteiger partial charge in [0.15, 0.2) is 0 Å². The van der Waals surface area contributed by atoms with Gasteiger partial charge in [0.1, 0.15) is 6.10 Å². The van der Waals surface area contributed by atoms with Crippen LogP contribution in [0, 0.1) is 5.92 Å². The molecule has 1 fully saturated rings. The predicted octanol–water partition coefficient (Wildman–Crippen LogP) is 2.27. The van der Waals surface area contributed by atoms with Crippen LogP contribution in [0.25, 0.3) is 0 Å². The quantitative estimate of drug-likeness (QED) is 0.369. The third kappa shape index (κ3) is 1.36. The van der Waals surface area contributed by atoms with Crippen molar-refractivity contribution in [1.29, 1.82) is 0 Å². The fourth-order valence-electron chi connectivity index (χ4n) is 1.70. The van der Waals surface area contributed by atoms with E-state index in [1.54, 1.807) is 6.08 Å². The molecule has 0 spiro atoms. The van der Waals surface area contributed by atoms with Gasteiger partial charge in [0.05, 0.1) is 5.92 Å². The number of hydrogen-bond donors (Lipinski definition) is 0. The molecule has 1 saturated heterocycles. The molecule has 3 atom stereocenters. The van der Waals surface area contributed by atoms with Crippen molar-refractivity contribution in [2.45, 2.75) is 22.2 Å². The van der Waals surface area contributed by atoms with E-state index < -0.39 is 10.3 Å². The number of carbonyl (C=O) groups excluding carboxylic acids is 1. The number of allylic oxidation sites excluding steroid dienone is 1. The Labute approximate surface area is 90.8 Å². The zero-order valence-electron chi connectivity index (χ0n) is 6.54. The number of alkyl halides is 3. The SMILES string of the molecule is O=C1O[C@H]2C=CC[C@H](Cl)[C@H]2C1(Cl)Cl. The third-order valence-corrected chi connectivity index (χ3v) is 3.63. The van der Waals surface area contributed by atoms with Crippen LogP contribution in [0.5, 0.6) is 0 Å². The summed E-state index contributed by atoms with van der Waals surface area (Å²) in [6.45, 7) is 0. The number of rotatable bonds is 0. The second-order valence-electron chi connectivity index (χ2n) is 3.20. The van der Waals surface area contributed by atoms with Gasteiger partial charge in [-0.15, -0.1) is 11.6 Å². The molecule has 2 rings (SSSR count). The lowest BCUT2D eigenvalue weighted by Gasteiger charge is -2.27. The van der Waals surface area contributed by atoms with Gasteiger partial charge in [-0.05, 0) is 12.5 Å². The van der Waals surface area contributed by atoms with E-state index in [0.29, 0.717) is 6.42 Å². The summed E-state index contributed by atoms with van der Waals surface area (Å²) >= 11 is 17.7. The van der Waals surface area contributed by atoms with Crippen molar-refractivity contribution in [1.82, 2.24) is 0 Å². The van der Waals surface area contributed by atoms with Crippen LogP contribution in [0.3, 0.4) is 0 Å². The molecule has 0 N–H and O–H groups in total. The molecule has 13 heavy (non-hydrogen) atoms. The van der Waals surface area contributed by atoms with E-state index in [9.17, 15) is 4.79 Å². The molecule has 0 radical (unpaired) electrons. The second-order valence-corrected chi connectivity index (χ2v) is 5.14. The molecule has 1 aliphatic heterocycles. The van der Waals surface area contributed by atoms with Crippen LogP contribution in [0.4, 0.5) is 0 Å². The van der Waals surface area contributed by atoms with E-state index in [2.05, 4.69) is 0 Å². The van der Waals surface area contributed by atoms with Crippen LogP contribution in [0.1, 0.15) is 6.42 Å². The Morgan fingerprint density at radius 3 is 2.85 bits per heavy atom. The van der Waals surface area contributed by atoms with E-state index in [-0.39, 0.29) is 17.4 Å². The summed E-state index contributed by atoms with van der Waals surface area (Å²) in [5.41, 5.74) is 0. The molecule has 0 aromatic rings. The number of ether oxygens (including phenoxy) is 1. The van der Waals surface area contributed by atoms with E-state index in [0.717, 1.165) is 0 Å². The average molecular weight is 242 g/mol. The van der Waals surface area contributed by atoms with Gasteiger partial charge in [0.2, 0.25) is 4.33 Å². The fourth-order valence-corrected chi connectivity index (χ4v) is 2.90. The Morgan fingerprint density at radius 2 is 2.23 bits per heavy atom. The summed E-state index contributed by atoms with van der Waals surface area (Å²) in [5, 5.41) is -0.239. The molecule has 1 heterocycles. The van der Waals surface area contributed by atoms with Gasteiger partial charge in [-0.3, -0.25) is 0 Å². The molecule has 0 unspecified atom stereocenters. The topological polar surface area (TPSA) is 26.3 Å². The number of carbonyl (C=O) groups is 1. The maximum Gasteiger partial charge on any atom is 0.343 e. The van der Waals surface area contributed by atoms with Gasteiger partial charge in [0.25, 0.3) is 0 Å². The minimum Gasteiger partial charge on any atom is -0.455 e. The summed E-state index contributed by atoms with van der Waals surface area (Å²) in [7, 11) is 0. The van der Waals surface area contributed by atoms with Crippen LogP contribution in [-0.2, 0) is 9.53 Å². The Morgan fingerprint density at radius 1 is 1.54 bits per heavy atom. The Balaban J connectivity index is 2.35. The predicted molar refractivity (Wildman–Crippen MR) is 51.2 cm³/mol. The molecule has 2 aliphatic rings. The minimum atomic E-state index is -1.48. The number of hydrogen-bond acceptors (Lipinski definition) is 2. The maximum atomic E-state index is 11.2. The highest BCUT2D eigenvalue weighted by Crippen LogP contribution is 2.47. The molecular weight excluding hydrogens is 234 g/mol. The first-order valence-electron chi connectivity index (χ1n) is 3.93. The number of esters is 1. The normalized spacial score (nSPS) is 41.5. The Kier molecular flexibility index (Phi) is 2.25. The largest absolute Gasteiger partial charge is 0.455 e. The van der Waals surface area contributed by atoms with Gasteiger partial charge in [0, 0.05) is 5.38 Å². The molecule has 0 bridgehead atoms. The van der Waals surface area contributed by atoms with Crippen molar-refractivity contribution in [2.24, 2.45) is 5.92 Å². The maximum absolute atomic E-state index is 11.2. The summed E-state index contributed by atoms with van der Waals surface area (Å²) in [5.74, 6) is -0.932. The van der Waals surface area contributed by atoms with Gasteiger partial charge in [-0.1, -0.05) is 29.3 Å². The van der Waals surface area contributed by atoms with Crippen molar-refractivity contribution in [3.05, 3.63) is 12.2 Å². The second kappa shape index (κ2) is 3.04. The van der Waals surface area contributed by atoms with E-state index in [1.165, 1.54) is 0 Å². The Hall–Kier alpha value is 0.0800.